The number of pyridine rings is 1. The number of halogens is 1. The Hall–Kier alpha value is -1.91. The molecule has 2 heterocycles. The molecule has 0 bridgehead atoms. The molecule has 1 N–H and O–H groups in total. The van der Waals surface area contributed by atoms with Gasteiger partial charge in [0.15, 0.2) is 0 Å². The minimum absolute atomic E-state index is 0.181. The zero-order chi connectivity index (χ0) is 12.5. The molecule has 0 spiro atoms. The molecule has 90 valence electrons. The second-order valence-corrected chi connectivity index (χ2v) is 4.27. The first-order valence-electron chi connectivity index (χ1n) is 5.48. The fourth-order valence-corrected chi connectivity index (χ4v) is 2.02. The van der Waals surface area contributed by atoms with Crippen LogP contribution in [0.2, 0.25) is 5.02 Å². The van der Waals surface area contributed by atoms with Gasteiger partial charge in [0.1, 0.15) is 12.1 Å². The van der Waals surface area contributed by atoms with Crippen LogP contribution in [0.4, 0.5) is 0 Å². The van der Waals surface area contributed by atoms with Gasteiger partial charge < -0.3 is 5.11 Å². The molecule has 1 aromatic carbocycles. The summed E-state index contributed by atoms with van der Waals surface area (Å²) in [4.78, 5) is 8.62. The SMILES string of the molecule is OCc1nc(-n2cnc3ccccc32)ccc1Cl. The normalized spacial score (nSPS) is 11.0. The second-order valence-electron chi connectivity index (χ2n) is 3.86. The summed E-state index contributed by atoms with van der Waals surface area (Å²) in [6, 6.07) is 11.3. The summed E-state index contributed by atoms with van der Waals surface area (Å²) >= 11 is 5.93. The standard InChI is InChI=1S/C13H10ClN3O/c14-9-5-6-13(16-11(9)7-18)17-8-15-10-3-1-2-4-12(10)17/h1-6,8,18H,7H2. The van der Waals surface area contributed by atoms with E-state index < -0.39 is 0 Å². The molecule has 0 aliphatic rings. The van der Waals surface area contributed by atoms with Crippen molar-refractivity contribution in [3.05, 3.63) is 53.4 Å². The molecular weight excluding hydrogens is 250 g/mol. The van der Waals surface area contributed by atoms with Crippen molar-refractivity contribution in [2.45, 2.75) is 6.61 Å². The lowest BCUT2D eigenvalue weighted by molar-refractivity contribution is 0.277. The average molecular weight is 260 g/mol. The topological polar surface area (TPSA) is 50.9 Å². The third-order valence-electron chi connectivity index (χ3n) is 2.75. The highest BCUT2D eigenvalue weighted by atomic mass is 35.5. The molecule has 0 atom stereocenters. The highest BCUT2D eigenvalue weighted by Gasteiger charge is 2.07. The van der Waals surface area contributed by atoms with Crippen molar-refractivity contribution >= 4 is 22.6 Å². The Morgan fingerprint density at radius 3 is 2.83 bits per heavy atom. The number of nitrogens with zero attached hydrogens (tertiary/aromatic N) is 3. The molecule has 3 rings (SSSR count). The lowest BCUT2D eigenvalue weighted by atomic mass is 10.3. The molecule has 0 saturated heterocycles. The first kappa shape index (κ1) is 11.2. The van der Waals surface area contributed by atoms with Gasteiger partial charge in [0.25, 0.3) is 0 Å². The third kappa shape index (κ3) is 1.75. The summed E-state index contributed by atoms with van der Waals surface area (Å²) in [5, 5.41) is 9.65. The fraction of sp³-hybridized carbons (Fsp3) is 0.0769. The van der Waals surface area contributed by atoms with Crippen LogP contribution in [0.5, 0.6) is 0 Å². The van der Waals surface area contributed by atoms with Gasteiger partial charge in [-0.1, -0.05) is 23.7 Å². The lowest BCUT2D eigenvalue weighted by Gasteiger charge is -2.06. The second kappa shape index (κ2) is 4.40. The monoisotopic (exact) mass is 259 g/mol. The Bertz CT molecular complexity index is 708. The molecular formula is C13H10ClN3O. The largest absolute Gasteiger partial charge is 0.390 e. The molecule has 18 heavy (non-hydrogen) atoms. The Balaban J connectivity index is 2.20. The van der Waals surface area contributed by atoms with Crippen molar-refractivity contribution in [3.8, 4) is 5.82 Å². The average Bonchev–Trinajstić information content (AvgIpc) is 2.83. The number of aliphatic hydroxyl groups excluding tert-OH is 1. The van der Waals surface area contributed by atoms with Crippen LogP contribution >= 0.6 is 11.6 Å². The number of aromatic nitrogens is 3. The van der Waals surface area contributed by atoms with Gasteiger partial charge in [-0.3, -0.25) is 4.57 Å². The van der Waals surface area contributed by atoms with Gasteiger partial charge in [-0.25, -0.2) is 9.97 Å². The molecule has 3 aromatic rings. The van der Waals surface area contributed by atoms with Gasteiger partial charge in [0.2, 0.25) is 0 Å². The zero-order valence-electron chi connectivity index (χ0n) is 9.42. The fourth-order valence-electron chi connectivity index (χ4n) is 1.86. The molecule has 4 nitrogen and oxygen atoms in total. The van der Waals surface area contributed by atoms with Crippen LogP contribution in [0.1, 0.15) is 5.69 Å². The van der Waals surface area contributed by atoms with Crippen LogP contribution in [0, 0.1) is 0 Å². The third-order valence-corrected chi connectivity index (χ3v) is 3.10. The Morgan fingerprint density at radius 2 is 2.00 bits per heavy atom. The minimum atomic E-state index is -0.181. The van der Waals surface area contributed by atoms with Crippen molar-refractivity contribution < 1.29 is 5.11 Å². The Labute approximate surface area is 108 Å². The van der Waals surface area contributed by atoms with Crippen LogP contribution in [0.3, 0.4) is 0 Å². The van der Waals surface area contributed by atoms with E-state index in [4.69, 9.17) is 11.6 Å². The predicted molar refractivity (Wildman–Crippen MR) is 69.8 cm³/mol. The summed E-state index contributed by atoms with van der Waals surface area (Å²) < 4.78 is 1.87. The first-order chi connectivity index (χ1) is 8.79. The van der Waals surface area contributed by atoms with Crippen molar-refractivity contribution in [2.75, 3.05) is 0 Å². The maximum absolute atomic E-state index is 9.18. The summed E-state index contributed by atoms with van der Waals surface area (Å²) in [5.41, 5.74) is 2.34. The molecule has 0 aliphatic carbocycles. The Morgan fingerprint density at radius 1 is 1.17 bits per heavy atom. The van der Waals surface area contributed by atoms with Crippen LogP contribution in [-0.4, -0.2) is 19.6 Å². The van der Waals surface area contributed by atoms with E-state index in [2.05, 4.69) is 9.97 Å². The number of hydrogen-bond acceptors (Lipinski definition) is 3. The van der Waals surface area contributed by atoms with Crippen molar-refractivity contribution in [1.29, 1.82) is 0 Å². The number of para-hydroxylation sites is 2. The van der Waals surface area contributed by atoms with E-state index in [9.17, 15) is 5.11 Å². The van der Waals surface area contributed by atoms with E-state index in [1.807, 2.05) is 28.8 Å². The molecule has 5 heteroatoms. The first-order valence-corrected chi connectivity index (χ1v) is 5.86. The molecule has 0 radical (unpaired) electrons. The number of benzene rings is 1. The summed E-state index contributed by atoms with van der Waals surface area (Å²) in [7, 11) is 0. The summed E-state index contributed by atoms with van der Waals surface area (Å²) in [6.45, 7) is -0.181. The summed E-state index contributed by atoms with van der Waals surface area (Å²) in [5.74, 6) is 0.692. The molecule has 0 unspecified atom stereocenters. The van der Waals surface area contributed by atoms with E-state index in [1.54, 1.807) is 18.5 Å². The molecule has 0 saturated carbocycles. The number of hydrogen-bond donors (Lipinski definition) is 1. The predicted octanol–water partition coefficient (Wildman–Crippen LogP) is 2.57. The van der Waals surface area contributed by atoms with Crippen LogP contribution in [0.15, 0.2) is 42.7 Å². The van der Waals surface area contributed by atoms with Crippen LogP contribution in [0.25, 0.3) is 16.9 Å². The van der Waals surface area contributed by atoms with E-state index in [0.717, 1.165) is 11.0 Å². The van der Waals surface area contributed by atoms with Crippen LogP contribution in [-0.2, 0) is 6.61 Å². The number of rotatable bonds is 2. The van der Waals surface area contributed by atoms with Gasteiger partial charge in [0.05, 0.1) is 28.4 Å². The van der Waals surface area contributed by atoms with E-state index in [1.165, 1.54) is 0 Å². The van der Waals surface area contributed by atoms with Gasteiger partial charge in [-0.2, -0.15) is 0 Å². The van der Waals surface area contributed by atoms with E-state index in [0.29, 0.717) is 16.5 Å². The van der Waals surface area contributed by atoms with Crippen molar-refractivity contribution in [3.63, 3.8) is 0 Å². The number of imidazole rings is 1. The quantitative estimate of drug-likeness (QED) is 0.770. The van der Waals surface area contributed by atoms with E-state index in [-0.39, 0.29) is 6.61 Å². The van der Waals surface area contributed by atoms with Crippen LogP contribution < -0.4 is 0 Å². The smallest absolute Gasteiger partial charge is 0.138 e. The maximum Gasteiger partial charge on any atom is 0.138 e. The van der Waals surface area contributed by atoms with Crippen molar-refractivity contribution in [2.24, 2.45) is 0 Å². The molecule has 0 fully saturated rings. The maximum atomic E-state index is 9.18. The summed E-state index contributed by atoms with van der Waals surface area (Å²) in [6.07, 6.45) is 1.71. The molecule has 0 amide bonds. The highest BCUT2D eigenvalue weighted by Crippen LogP contribution is 2.20. The van der Waals surface area contributed by atoms with Gasteiger partial charge in [0, 0.05) is 0 Å². The Kier molecular flexibility index (Phi) is 2.74. The van der Waals surface area contributed by atoms with Crippen molar-refractivity contribution in [1.82, 2.24) is 14.5 Å². The zero-order valence-corrected chi connectivity index (χ0v) is 10.2. The highest BCUT2D eigenvalue weighted by molar-refractivity contribution is 6.31. The number of fused-ring (bicyclic) bond motifs is 1. The lowest BCUT2D eigenvalue weighted by Crippen LogP contribution is -1.99. The minimum Gasteiger partial charge on any atom is -0.390 e. The van der Waals surface area contributed by atoms with Gasteiger partial charge in [-0.05, 0) is 24.3 Å². The number of aliphatic hydroxyl groups is 1. The molecule has 2 aromatic heterocycles. The van der Waals surface area contributed by atoms with Gasteiger partial charge >= 0.3 is 0 Å². The molecule has 0 aliphatic heterocycles. The van der Waals surface area contributed by atoms with Gasteiger partial charge in [-0.15, -0.1) is 0 Å². The van der Waals surface area contributed by atoms with E-state index >= 15 is 0 Å².